The minimum Gasteiger partial charge on any atom is -0.350 e. The van der Waals surface area contributed by atoms with Crippen molar-refractivity contribution in [3.8, 4) is 0 Å². The zero-order chi connectivity index (χ0) is 21.8. The molecule has 0 aliphatic carbocycles. The monoisotopic (exact) mass is 413 g/mol. The molecule has 2 heterocycles. The van der Waals surface area contributed by atoms with Crippen molar-refractivity contribution in [2.45, 2.75) is 53.8 Å². The highest BCUT2D eigenvalue weighted by molar-refractivity contribution is 5.75. The standard InChI is InChI=1S/C22H31N5O3/c1-15-9-16(2)12-25(11-15)13-20-7-5-19(6-8-20)10-23-21(28)14-26-18(4)22(27(29)30)17(3)24-26/h5-8,15-16H,9-14H2,1-4H3,(H,23,28)/t15-,16+. The number of piperidine rings is 1. The van der Waals surface area contributed by atoms with Crippen LogP contribution >= 0.6 is 0 Å². The van der Waals surface area contributed by atoms with Gasteiger partial charge in [-0.15, -0.1) is 0 Å². The largest absolute Gasteiger partial charge is 0.350 e. The van der Waals surface area contributed by atoms with Gasteiger partial charge in [0.2, 0.25) is 5.91 Å². The van der Waals surface area contributed by atoms with Gasteiger partial charge in [0.1, 0.15) is 17.9 Å². The van der Waals surface area contributed by atoms with E-state index in [1.807, 2.05) is 12.1 Å². The number of hydrogen-bond acceptors (Lipinski definition) is 5. The summed E-state index contributed by atoms with van der Waals surface area (Å²) < 4.78 is 1.38. The Hall–Kier alpha value is -2.74. The third kappa shape index (κ3) is 5.44. The van der Waals surface area contributed by atoms with Crippen molar-refractivity contribution >= 4 is 11.6 Å². The molecule has 1 aromatic carbocycles. The fraction of sp³-hybridized carbons (Fsp3) is 0.545. The van der Waals surface area contributed by atoms with Crippen LogP contribution in [-0.2, 0) is 24.4 Å². The lowest BCUT2D eigenvalue weighted by Crippen LogP contribution is -2.38. The molecule has 0 spiro atoms. The summed E-state index contributed by atoms with van der Waals surface area (Å²) in [4.78, 5) is 25.4. The van der Waals surface area contributed by atoms with E-state index in [0.29, 0.717) is 17.9 Å². The van der Waals surface area contributed by atoms with E-state index < -0.39 is 4.92 Å². The zero-order valence-corrected chi connectivity index (χ0v) is 18.2. The first-order valence-corrected chi connectivity index (χ1v) is 10.5. The second-order valence-corrected chi connectivity index (χ2v) is 8.67. The van der Waals surface area contributed by atoms with E-state index in [4.69, 9.17) is 0 Å². The second-order valence-electron chi connectivity index (χ2n) is 8.67. The van der Waals surface area contributed by atoms with Gasteiger partial charge in [0, 0.05) is 26.2 Å². The second kappa shape index (κ2) is 9.38. The summed E-state index contributed by atoms with van der Waals surface area (Å²) >= 11 is 0. The Bertz CT molecular complexity index is 896. The molecule has 8 nitrogen and oxygen atoms in total. The zero-order valence-electron chi connectivity index (χ0n) is 18.2. The molecule has 0 saturated carbocycles. The maximum atomic E-state index is 12.3. The summed E-state index contributed by atoms with van der Waals surface area (Å²) in [7, 11) is 0. The number of nitro groups is 1. The van der Waals surface area contributed by atoms with Gasteiger partial charge in [0.25, 0.3) is 0 Å². The van der Waals surface area contributed by atoms with Crippen LogP contribution in [0.1, 0.15) is 42.8 Å². The fourth-order valence-electron chi connectivity index (χ4n) is 4.44. The summed E-state index contributed by atoms with van der Waals surface area (Å²) in [6, 6.07) is 8.33. The normalized spacial score (nSPS) is 19.6. The highest BCUT2D eigenvalue weighted by atomic mass is 16.6. The van der Waals surface area contributed by atoms with Crippen molar-refractivity contribution in [3.63, 3.8) is 0 Å². The summed E-state index contributed by atoms with van der Waals surface area (Å²) in [5.41, 5.74) is 2.97. The average molecular weight is 414 g/mol. The molecule has 30 heavy (non-hydrogen) atoms. The SMILES string of the molecule is Cc1nn(CC(=O)NCc2ccc(CN3C[C@H](C)C[C@H](C)C3)cc2)c(C)c1[N+](=O)[O-]. The van der Waals surface area contributed by atoms with Crippen molar-refractivity contribution in [1.82, 2.24) is 20.0 Å². The van der Waals surface area contributed by atoms with Gasteiger partial charge < -0.3 is 5.32 Å². The summed E-state index contributed by atoms with van der Waals surface area (Å²) in [5, 5.41) is 18.1. The van der Waals surface area contributed by atoms with Crippen molar-refractivity contribution in [1.29, 1.82) is 0 Å². The number of hydrogen-bond donors (Lipinski definition) is 1. The van der Waals surface area contributed by atoms with Crippen LogP contribution in [0.3, 0.4) is 0 Å². The molecular formula is C22H31N5O3. The van der Waals surface area contributed by atoms with Gasteiger partial charge in [-0.3, -0.25) is 24.5 Å². The van der Waals surface area contributed by atoms with Crippen molar-refractivity contribution in [3.05, 3.63) is 56.9 Å². The van der Waals surface area contributed by atoms with Crippen LogP contribution in [0.25, 0.3) is 0 Å². The molecule has 1 saturated heterocycles. The summed E-state index contributed by atoms with van der Waals surface area (Å²) in [6.45, 7) is 11.4. The Morgan fingerprint density at radius 1 is 1.17 bits per heavy atom. The molecule has 0 unspecified atom stereocenters. The van der Waals surface area contributed by atoms with Crippen LogP contribution in [0.4, 0.5) is 5.69 Å². The number of aromatic nitrogens is 2. The van der Waals surface area contributed by atoms with Crippen molar-refractivity contribution < 1.29 is 9.72 Å². The van der Waals surface area contributed by atoms with E-state index in [0.717, 1.165) is 37.0 Å². The van der Waals surface area contributed by atoms with E-state index in [9.17, 15) is 14.9 Å². The number of benzene rings is 1. The minimum atomic E-state index is -0.459. The van der Waals surface area contributed by atoms with Gasteiger partial charge in [0.15, 0.2) is 0 Å². The summed E-state index contributed by atoms with van der Waals surface area (Å²) in [6.07, 6.45) is 1.31. The van der Waals surface area contributed by atoms with Gasteiger partial charge >= 0.3 is 5.69 Å². The number of carbonyl (C=O) groups excluding carboxylic acids is 1. The Kier molecular flexibility index (Phi) is 6.87. The van der Waals surface area contributed by atoms with E-state index in [-0.39, 0.29) is 18.1 Å². The van der Waals surface area contributed by atoms with E-state index in [2.05, 4.69) is 41.3 Å². The number of aryl methyl sites for hydroxylation is 1. The first-order chi connectivity index (χ1) is 14.2. The number of carbonyl (C=O) groups is 1. The summed E-state index contributed by atoms with van der Waals surface area (Å²) in [5.74, 6) is 1.26. The molecule has 1 aliphatic heterocycles. The maximum absolute atomic E-state index is 12.3. The quantitative estimate of drug-likeness (QED) is 0.556. The van der Waals surface area contributed by atoms with E-state index >= 15 is 0 Å². The van der Waals surface area contributed by atoms with E-state index in [1.165, 1.54) is 16.7 Å². The van der Waals surface area contributed by atoms with Gasteiger partial charge in [0.05, 0.1) is 4.92 Å². The Balaban J connectivity index is 1.51. The highest BCUT2D eigenvalue weighted by Gasteiger charge is 2.23. The molecule has 162 valence electrons. The van der Waals surface area contributed by atoms with Crippen LogP contribution in [0, 0.1) is 35.8 Å². The Morgan fingerprint density at radius 2 is 1.77 bits per heavy atom. The Labute approximate surface area is 177 Å². The van der Waals surface area contributed by atoms with Gasteiger partial charge in [-0.25, -0.2) is 0 Å². The molecule has 8 heteroatoms. The maximum Gasteiger partial charge on any atom is 0.312 e. The number of rotatable bonds is 7. The average Bonchev–Trinajstić information content (AvgIpc) is 2.93. The lowest BCUT2D eigenvalue weighted by molar-refractivity contribution is -0.386. The first-order valence-electron chi connectivity index (χ1n) is 10.5. The van der Waals surface area contributed by atoms with Crippen LogP contribution in [0.2, 0.25) is 0 Å². The number of likely N-dealkylation sites (tertiary alicyclic amines) is 1. The number of amides is 1. The van der Waals surface area contributed by atoms with Crippen LogP contribution in [-0.4, -0.2) is 38.6 Å². The topological polar surface area (TPSA) is 93.3 Å². The predicted molar refractivity (Wildman–Crippen MR) is 115 cm³/mol. The van der Waals surface area contributed by atoms with Crippen LogP contribution < -0.4 is 5.32 Å². The lowest BCUT2D eigenvalue weighted by atomic mass is 9.91. The molecular weight excluding hydrogens is 382 g/mol. The highest BCUT2D eigenvalue weighted by Crippen LogP contribution is 2.23. The van der Waals surface area contributed by atoms with Crippen molar-refractivity contribution in [2.24, 2.45) is 11.8 Å². The van der Waals surface area contributed by atoms with Gasteiger partial charge in [-0.1, -0.05) is 38.1 Å². The third-order valence-corrected chi connectivity index (χ3v) is 5.68. The number of nitrogens with one attached hydrogen (secondary N) is 1. The first kappa shape index (κ1) is 22.0. The van der Waals surface area contributed by atoms with Crippen LogP contribution in [0.15, 0.2) is 24.3 Å². The molecule has 2 aromatic rings. The minimum absolute atomic E-state index is 0.0316. The predicted octanol–water partition coefficient (Wildman–Crippen LogP) is 3.20. The molecule has 0 bridgehead atoms. The number of nitrogens with zero attached hydrogens (tertiary/aromatic N) is 4. The molecule has 1 N–H and O–H groups in total. The van der Waals surface area contributed by atoms with E-state index in [1.54, 1.807) is 13.8 Å². The fourth-order valence-corrected chi connectivity index (χ4v) is 4.44. The smallest absolute Gasteiger partial charge is 0.312 e. The molecule has 1 amide bonds. The van der Waals surface area contributed by atoms with Crippen LogP contribution in [0.5, 0.6) is 0 Å². The molecule has 3 rings (SSSR count). The third-order valence-electron chi connectivity index (χ3n) is 5.68. The molecule has 0 radical (unpaired) electrons. The lowest BCUT2D eigenvalue weighted by Gasteiger charge is -2.35. The van der Waals surface area contributed by atoms with Gasteiger partial charge in [-0.2, -0.15) is 5.10 Å². The van der Waals surface area contributed by atoms with Crippen molar-refractivity contribution in [2.75, 3.05) is 13.1 Å². The molecule has 2 atom stereocenters. The molecule has 1 aromatic heterocycles. The Morgan fingerprint density at radius 3 is 2.33 bits per heavy atom. The van der Waals surface area contributed by atoms with Gasteiger partial charge in [-0.05, 0) is 43.2 Å². The molecule has 1 fully saturated rings. The molecule has 1 aliphatic rings.